The second-order valence-electron chi connectivity index (χ2n) is 4.24. The lowest BCUT2D eigenvalue weighted by Crippen LogP contribution is -2.04. The molecule has 0 aromatic heterocycles. The summed E-state index contributed by atoms with van der Waals surface area (Å²) in [5, 5.41) is 8.99. The van der Waals surface area contributed by atoms with E-state index in [0.29, 0.717) is 5.75 Å². The van der Waals surface area contributed by atoms with Crippen LogP contribution in [0.1, 0.15) is 22.8 Å². The van der Waals surface area contributed by atoms with Crippen molar-refractivity contribution in [1.29, 1.82) is 0 Å². The van der Waals surface area contributed by atoms with E-state index in [2.05, 4.69) is 0 Å². The van der Waals surface area contributed by atoms with Gasteiger partial charge in [0.1, 0.15) is 5.75 Å². The predicted octanol–water partition coefficient (Wildman–Crippen LogP) is 3.46. The summed E-state index contributed by atoms with van der Waals surface area (Å²) < 4.78 is 19.3. The monoisotopic (exact) mass is 275 g/mol. The van der Waals surface area contributed by atoms with Gasteiger partial charge in [0.2, 0.25) is 0 Å². The number of rotatable bonds is 4. The molecule has 20 heavy (non-hydrogen) atoms. The van der Waals surface area contributed by atoms with E-state index < -0.39 is 11.8 Å². The van der Waals surface area contributed by atoms with Crippen LogP contribution in [-0.4, -0.2) is 11.1 Å². The van der Waals surface area contributed by atoms with E-state index in [-0.39, 0.29) is 17.0 Å². The van der Waals surface area contributed by atoms with Crippen LogP contribution in [0, 0.1) is 5.82 Å². The molecule has 2 aromatic carbocycles. The van der Waals surface area contributed by atoms with E-state index in [0.717, 1.165) is 24.1 Å². The zero-order chi connectivity index (χ0) is 14.7. The van der Waals surface area contributed by atoms with Gasteiger partial charge in [0.25, 0.3) is 0 Å². The van der Waals surface area contributed by atoms with Gasteiger partial charge >= 0.3 is 5.97 Å². The smallest absolute Gasteiger partial charge is 0.337 e. The van der Waals surface area contributed by atoms with Crippen molar-refractivity contribution in [2.45, 2.75) is 13.3 Å². The molecule has 0 aliphatic carbocycles. The molecule has 0 atom stereocenters. The Morgan fingerprint density at radius 3 is 2.65 bits per heavy atom. The summed E-state index contributed by atoms with van der Waals surface area (Å²) in [5.41, 5.74) is 6.05. The van der Waals surface area contributed by atoms with Gasteiger partial charge < -0.3 is 15.6 Å². The minimum absolute atomic E-state index is 0.133. The number of hydrogen-bond acceptors (Lipinski definition) is 3. The summed E-state index contributed by atoms with van der Waals surface area (Å²) in [5.74, 6) is -1.58. The number of benzene rings is 2. The van der Waals surface area contributed by atoms with Gasteiger partial charge in [0, 0.05) is 17.8 Å². The minimum Gasteiger partial charge on any atom is -0.478 e. The Hall–Kier alpha value is -2.56. The average Bonchev–Trinajstić information content (AvgIpc) is 2.42. The van der Waals surface area contributed by atoms with Crippen molar-refractivity contribution in [2.24, 2.45) is 0 Å². The van der Waals surface area contributed by atoms with Gasteiger partial charge in [-0.1, -0.05) is 25.1 Å². The molecule has 0 spiro atoms. The van der Waals surface area contributed by atoms with Crippen molar-refractivity contribution in [3.8, 4) is 11.5 Å². The normalized spacial score (nSPS) is 10.3. The number of anilines is 1. The molecule has 104 valence electrons. The Labute approximate surface area is 115 Å². The predicted molar refractivity (Wildman–Crippen MR) is 73.7 cm³/mol. The summed E-state index contributed by atoms with van der Waals surface area (Å²) in [6.45, 7) is 1.95. The van der Waals surface area contributed by atoms with Crippen LogP contribution in [0.5, 0.6) is 11.5 Å². The first kappa shape index (κ1) is 13.9. The van der Waals surface area contributed by atoms with Gasteiger partial charge in [0.05, 0.1) is 5.56 Å². The molecule has 3 N–H and O–H groups in total. The Morgan fingerprint density at radius 2 is 2.00 bits per heavy atom. The third-order valence-electron chi connectivity index (χ3n) is 2.91. The van der Waals surface area contributed by atoms with Crippen LogP contribution in [-0.2, 0) is 6.42 Å². The van der Waals surface area contributed by atoms with E-state index >= 15 is 0 Å². The number of para-hydroxylation sites is 1. The highest BCUT2D eigenvalue weighted by atomic mass is 19.1. The zero-order valence-electron chi connectivity index (χ0n) is 10.9. The average molecular weight is 275 g/mol. The number of halogens is 1. The van der Waals surface area contributed by atoms with Crippen molar-refractivity contribution in [2.75, 3.05) is 5.73 Å². The van der Waals surface area contributed by atoms with Crippen LogP contribution in [0.3, 0.4) is 0 Å². The van der Waals surface area contributed by atoms with E-state index in [1.165, 1.54) is 0 Å². The maximum absolute atomic E-state index is 13.8. The van der Waals surface area contributed by atoms with Crippen LogP contribution < -0.4 is 10.5 Å². The lowest BCUT2D eigenvalue weighted by Gasteiger charge is -2.12. The molecule has 0 amide bonds. The molecule has 0 radical (unpaired) electrons. The summed E-state index contributed by atoms with van der Waals surface area (Å²) in [4.78, 5) is 11.0. The van der Waals surface area contributed by atoms with E-state index in [1.54, 1.807) is 12.1 Å². The van der Waals surface area contributed by atoms with Gasteiger partial charge in [-0.3, -0.25) is 0 Å². The van der Waals surface area contributed by atoms with Crippen LogP contribution in [0.15, 0.2) is 36.4 Å². The molecular weight excluding hydrogens is 261 g/mol. The number of carbonyl (C=O) groups is 1. The summed E-state index contributed by atoms with van der Waals surface area (Å²) in [6, 6.07) is 9.24. The third kappa shape index (κ3) is 2.71. The molecular formula is C15H14FNO3. The first-order valence-electron chi connectivity index (χ1n) is 6.11. The number of carboxylic acids is 1. The first-order chi connectivity index (χ1) is 9.52. The molecule has 0 unspecified atom stereocenters. The largest absolute Gasteiger partial charge is 0.478 e. The number of nitrogens with two attached hydrogens (primary N) is 1. The van der Waals surface area contributed by atoms with Gasteiger partial charge in [0.15, 0.2) is 11.6 Å². The summed E-state index contributed by atoms with van der Waals surface area (Å²) in [7, 11) is 0. The van der Waals surface area contributed by atoms with Crippen molar-refractivity contribution in [3.05, 3.63) is 53.3 Å². The fourth-order valence-electron chi connectivity index (χ4n) is 1.85. The zero-order valence-corrected chi connectivity index (χ0v) is 10.9. The molecule has 0 saturated heterocycles. The van der Waals surface area contributed by atoms with E-state index in [4.69, 9.17) is 15.6 Å². The molecule has 2 rings (SSSR count). The minimum atomic E-state index is -1.23. The number of aryl methyl sites for hydroxylation is 1. The molecule has 0 heterocycles. The Bertz CT molecular complexity index is 656. The molecule has 0 fully saturated rings. The van der Waals surface area contributed by atoms with Gasteiger partial charge in [-0.15, -0.1) is 0 Å². The fourth-order valence-corrected chi connectivity index (χ4v) is 1.85. The van der Waals surface area contributed by atoms with Crippen LogP contribution in [0.2, 0.25) is 0 Å². The number of aromatic carboxylic acids is 1. The first-order valence-corrected chi connectivity index (χ1v) is 6.11. The van der Waals surface area contributed by atoms with Crippen LogP contribution >= 0.6 is 0 Å². The maximum Gasteiger partial charge on any atom is 0.337 e. The van der Waals surface area contributed by atoms with Crippen molar-refractivity contribution >= 4 is 11.7 Å². The van der Waals surface area contributed by atoms with Crippen molar-refractivity contribution in [1.82, 2.24) is 0 Å². The Balaban J connectivity index is 2.43. The molecule has 0 aliphatic rings. The third-order valence-corrected chi connectivity index (χ3v) is 2.91. The quantitative estimate of drug-likeness (QED) is 0.838. The second kappa shape index (κ2) is 5.61. The Kier molecular flexibility index (Phi) is 3.89. The van der Waals surface area contributed by atoms with Gasteiger partial charge in [-0.25, -0.2) is 9.18 Å². The standard InChI is InChI=1S/C15H14FNO3/c1-2-9-5-3-4-6-13(9)20-14-7-10(15(18)19)12(17)8-11(14)16/h3-8H,2,17H2,1H3,(H,18,19). The lowest BCUT2D eigenvalue weighted by molar-refractivity contribution is 0.0697. The van der Waals surface area contributed by atoms with Crippen molar-refractivity contribution < 1.29 is 19.0 Å². The van der Waals surface area contributed by atoms with Crippen molar-refractivity contribution in [3.63, 3.8) is 0 Å². The lowest BCUT2D eigenvalue weighted by atomic mass is 10.1. The number of hydrogen-bond donors (Lipinski definition) is 2. The highest BCUT2D eigenvalue weighted by Gasteiger charge is 2.15. The molecule has 4 nitrogen and oxygen atoms in total. The Morgan fingerprint density at radius 1 is 1.30 bits per heavy atom. The summed E-state index contributed by atoms with van der Waals surface area (Å²) in [6.07, 6.45) is 0.721. The van der Waals surface area contributed by atoms with E-state index in [9.17, 15) is 9.18 Å². The molecule has 0 bridgehead atoms. The molecule has 0 saturated carbocycles. The van der Waals surface area contributed by atoms with Gasteiger partial charge in [-0.2, -0.15) is 0 Å². The van der Waals surface area contributed by atoms with E-state index in [1.807, 2.05) is 19.1 Å². The van der Waals surface area contributed by atoms with Gasteiger partial charge in [-0.05, 0) is 18.1 Å². The maximum atomic E-state index is 13.8. The number of nitrogen functional groups attached to an aromatic ring is 1. The fraction of sp³-hybridized carbons (Fsp3) is 0.133. The highest BCUT2D eigenvalue weighted by Crippen LogP contribution is 2.30. The highest BCUT2D eigenvalue weighted by molar-refractivity contribution is 5.94. The molecule has 2 aromatic rings. The molecule has 5 heteroatoms. The van der Waals surface area contributed by atoms with Crippen LogP contribution in [0.4, 0.5) is 10.1 Å². The SMILES string of the molecule is CCc1ccccc1Oc1cc(C(=O)O)c(N)cc1F. The second-order valence-corrected chi connectivity index (χ2v) is 4.24. The summed E-state index contributed by atoms with van der Waals surface area (Å²) >= 11 is 0. The van der Waals surface area contributed by atoms with Crippen LogP contribution in [0.25, 0.3) is 0 Å². The topological polar surface area (TPSA) is 72.5 Å². The molecule has 0 aliphatic heterocycles. The number of carboxylic acid groups (broad SMARTS) is 1. The number of ether oxygens (including phenoxy) is 1.